The van der Waals surface area contributed by atoms with Gasteiger partial charge in [-0.1, -0.05) is 29.4 Å². The predicted octanol–water partition coefficient (Wildman–Crippen LogP) is 1.60. The third kappa shape index (κ3) is 3.30. The number of benzene rings is 1. The standard InChI is InChI=1S/C10H12N2O3/c1-12(10(13)14)7-9-4-2-8(3-5-9)6-11-15/h2-6,15H,7H2,1H3,(H,13,14)/b11-6-/i1D3,7D2. The number of amides is 1. The number of oxime groups is 1. The molecule has 1 amide bonds. The molecule has 5 nitrogen and oxygen atoms in total. The number of hydrogen-bond donors (Lipinski definition) is 2. The normalized spacial score (nSPS) is 17.2. The second-order valence-corrected chi connectivity index (χ2v) is 2.60. The van der Waals surface area contributed by atoms with Crippen LogP contribution in [-0.4, -0.2) is 34.5 Å². The third-order valence-corrected chi connectivity index (χ3v) is 1.55. The average molecular weight is 213 g/mol. The molecular formula is C10H12N2O3. The monoisotopic (exact) mass is 213 g/mol. The van der Waals surface area contributed by atoms with Gasteiger partial charge in [-0.15, -0.1) is 0 Å². The fourth-order valence-electron chi connectivity index (χ4n) is 0.887. The molecule has 0 heterocycles. The predicted molar refractivity (Wildman–Crippen MR) is 55.3 cm³/mol. The zero-order valence-electron chi connectivity index (χ0n) is 12.6. The van der Waals surface area contributed by atoms with Gasteiger partial charge in [0.05, 0.1) is 8.96 Å². The van der Waals surface area contributed by atoms with Crippen molar-refractivity contribution < 1.29 is 22.0 Å². The number of hydrogen-bond acceptors (Lipinski definition) is 3. The molecule has 1 rings (SSSR count). The van der Waals surface area contributed by atoms with Gasteiger partial charge < -0.3 is 15.2 Å². The molecule has 0 unspecified atom stereocenters. The van der Waals surface area contributed by atoms with E-state index >= 15 is 0 Å². The first-order valence-electron chi connectivity index (χ1n) is 6.42. The number of carbonyl (C=O) groups is 1. The molecule has 2 N–H and O–H groups in total. The van der Waals surface area contributed by atoms with Gasteiger partial charge >= 0.3 is 6.09 Å². The van der Waals surface area contributed by atoms with Crippen molar-refractivity contribution in [3.8, 4) is 0 Å². The zero-order chi connectivity index (χ0) is 15.6. The summed E-state index contributed by atoms with van der Waals surface area (Å²) in [6.07, 6.45) is -0.797. The number of rotatable bonds is 3. The molecule has 0 atom stereocenters. The molecule has 0 spiro atoms. The van der Waals surface area contributed by atoms with Crippen LogP contribution in [0.25, 0.3) is 0 Å². The summed E-state index contributed by atoms with van der Waals surface area (Å²) in [5, 5.41) is 20.1. The van der Waals surface area contributed by atoms with Crippen molar-refractivity contribution in [2.45, 2.75) is 6.50 Å². The third-order valence-electron chi connectivity index (χ3n) is 1.55. The van der Waals surface area contributed by atoms with E-state index in [0.29, 0.717) is 5.56 Å². The topological polar surface area (TPSA) is 73.1 Å². The van der Waals surface area contributed by atoms with Gasteiger partial charge in [0.15, 0.2) is 0 Å². The lowest BCUT2D eigenvalue weighted by Crippen LogP contribution is -2.23. The molecule has 0 aliphatic heterocycles. The van der Waals surface area contributed by atoms with Crippen molar-refractivity contribution in [2.24, 2.45) is 5.16 Å². The van der Waals surface area contributed by atoms with Crippen LogP contribution in [0.5, 0.6) is 0 Å². The molecule has 0 saturated heterocycles. The molecule has 1 aromatic carbocycles. The molecule has 0 aliphatic carbocycles. The first-order valence-corrected chi connectivity index (χ1v) is 3.92. The minimum atomic E-state index is -3.14. The summed E-state index contributed by atoms with van der Waals surface area (Å²) in [5.41, 5.74) is 0.300. The number of carboxylic acid groups (broad SMARTS) is 1. The fraction of sp³-hybridized carbons (Fsp3) is 0.200. The summed E-state index contributed by atoms with van der Waals surface area (Å²) in [6.45, 7) is -5.87. The van der Waals surface area contributed by atoms with Gasteiger partial charge in [-0.05, 0) is 11.1 Å². The molecule has 0 aliphatic rings. The van der Waals surface area contributed by atoms with E-state index in [1.807, 2.05) is 0 Å². The molecule has 0 aromatic heterocycles. The van der Waals surface area contributed by atoms with Crippen molar-refractivity contribution in [1.82, 2.24) is 4.90 Å². The largest absolute Gasteiger partial charge is 0.465 e. The molecule has 1 aromatic rings. The second kappa shape index (κ2) is 4.99. The summed E-state index contributed by atoms with van der Waals surface area (Å²) in [6, 6.07) is 5.18. The molecular weight excluding hydrogens is 196 g/mol. The molecule has 15 heavy (non-hydrogen) atoms. The Kier molecular flexibility index (Phi) is 1.91. The quantitative estimate of drug-likeness (QED) is 0.455. The Balaban J connectivity index is 3.22. The first kappa shape index (κ1) is 5.75. The van der Waals surface area contributed by atoms with Crippen LogP contribution in [0.1, 0.15) is 18.0 Å². The van der Waals surface area contributed by atoms with Gasteiger partial charge in [-0.3, -0.25) is 0 Å². The van der Waals surface area contributed by atoms with Gasteiger partial charge in [0.25, 0.3) is 0 Å². The Hall–Kier alpha value is -2.04. The van der Waals surface area contributed by atoms with Gasteiger partial charge in [-0.25, -0.2) is 4.79 Å². The lowest BCUT2D eigenvalue weighted by Gasteiger charge is -2.12. The van der Waals surface area contributed by atoms with Crippen LogP contribution < -0.4 is 0 Å². The first-order chi connectivity index (χ1) is 9.10. The van der Waals surface area contributed by atoms with E-state index in [-0.39, 0.29) is 10.5 Å². The fourth-order valence-corrected chi connectivity index (χ4v) is 0.887. The van der Waals surface area contributed by atoms with Gasteiger partial charge in [0.1, 0.15) is 0 Å². The molecule has 80 valence electrons. The van der Waals surface area contributed by atoms with Crippen LogP contribution in [0, 0.1) is 0 Å². The Morgan fingerprint density at radius 3 is 2.80 bits per heavy atom. The lowest BCUT2D eigenvalue weighted by molar-refractivity contribution is 0.154. The Bertz CT molecular complexity index is 513. The maximum atomic E-state index is 11.0. The van der Waals surface area contributed by atoms with E-state index in [0.717, 1.165) is 6.21 Å². The minimum Gasteiger partial charge on any atom is -0.465 e. The van der Waals surface area contributed by atoms with E-state index in [2.05, 4.69) is 5.16 Å². The Labute approximate surface area is 94.3 Å². The Morgan fingerprint density at radius 2 is 2.33 bits per heavy atom. The Morgan fingerprint density at radius 1 is 1.67 bits per heavy atom. The van der Waals surface area contributed by atoms with Crippen molar-refractivity contribution in [3.05, 3.63) is 35.4 Å². The maximum absolute atomic E-state index is 11.0. The molecule has 0 saturated carbocycles. The number of nitrogens with zero attached hydrogens (tertiary/aromatic N) is 2. The van der Waals surface area contributed by atoms with E-state index in [9.17, 15) is 4.79 Å². The van der Waals surface area contributed by atoms with E-state index < -0.39 is 19.6 Å². The van der Waals surface area contributed by atoms with Crippen molar-refractivity contribution in [1.29, 1.82) is 0 Å². The highest BCUT2D eigenvalue weighted by Gasteiger charge is 2.05. The molecule has 0 bridgehead atoms. The van der Waals surface area contributed by atoms with Crippen molar-refractivity contribution in [3.63, 3.8) is 0 Å². The highest BCUT2D eigenvalue weighted by atomic mass is 16.4. The van der Waals surface area contributed by atoms with Gasteiger partial charge in [0.2, 0.25) is 0 Å². The summed E-state index contributed by atoms with van der Waals surface area (Å²) >= 11 is 0. The van der Waals surface area contributed by atoms with Crippen LogP contribution in [0.3, 0.4) is 0 Å². The van der Waals surface area contributed by atoms with E-state index in [4.69, 9.17) is 17.2 Å². The SMILES string of the molecule is [2H]C([2H])([2H])N(C(=O)O)C([2H])([2H])c1ccc(/C=N\O)cc1. The van der Waals surface area contributed by atoms with Crippen molar-refractivity contribution in [2.75, 3.05) is 6.98 Å². The molecule has 0 radical (unpaired) electrons. The highest BCUT2D eigenvalue weighted by Crippen LogP contribution is 2.05. The highest BCUT2D eigenvalue weighted by molar-refractivity contribution is 5.78. The summed E-state index contributed by atoms with van der Waals surface area (Å²) in [7, 11) is 0. The van der Waals surface area contributed by atoms with Gasteiger partial charge in [0, 0.05) is 17.6 Å². The van der Waals surface area contributed by atoms with Crippen LogP contribution in [-0.2, 0) is 6.50 Å². The second-order valence-electron chi connectivity index (χ2n) is 2.60. The summed E-state index contributed by atoms with van der Waals surface area (Å²) in [5.74, 6) is 0. The smallest absolute Gasteiger partial charge is 0.407 e. The average Bonchev–Trinajstić information content (AvgIpc) is 2.26. The molecule has 0 fully saturated rings. The van der Waals surface area contributed by atoms with Crippen LogP contribution in [0.15, 0.2) is 29.4 Å². The maximum Gasteiger partial charge on any atom is 0.407 e. The van der Waals surface area contributed by atoms with E-state index in [1.54, 1.807) is 0 Å². The summed E-state index contributed by atoms with van der Waals surface area (Å²) < 4.78 is 36.9. The van der Waals surface area contributed by atoms with Crippen LogP contribution in [0.4, 0.5) is 4.79 Å². The lowest BCUT2D eigenvalue weighted by atomic mass is 10.1. The zero-order valence-corrected chi connectivity index (χ0v) is 7.58. The summed E-state index contributed by atoms with van der Waals surface area (Å²) in [4.78, 5) is 10.8. The van der Waals surface area contributed by atoms with E-state index in [1.165, 1.54) is 24.3 Å². The van der Waals surface area contributed by atoms with Crippen LogP contribution >= 0.6 is 0 Å². The molecule has 5 heteroatoms. The van der Waals surface area contributed by atoms with Crippen LogP contribution in [0.2, 0.25) is 0 Å². The minimum absolute atomic E-state index is 0.147. The van der Waals surface area contributed by atoms with Gasteiger partial charge in [-0.2, -0.15) is 0 Å². The van der Waals surface area contributed by atoms with Crippen molar-refractivity contribution >= 4 is 12.3 Å².